The van der Waals surface area contributed by atoms with Crippen molar-refractivity contribution in [1.29, 1.82) is 0 Å². The first-order valence-corrected chi connectivity index (χ1v) is 5.50. The molecule has 0 aromatic rings. The number of carbonyl (C=O) groups is 1. The van der Waals surface area contributed by atoms with Crippen molar-refractivity contribution in [3.05, 3.63) is 48.8 Å². The van der Waals surface area contributed by atoms with Gasteiger partial charge in [0.05, 0.1) is 0 Å². The number of ether oxygens (including phenoxy) is 2. The maximum Gasteiger partial charge on any atom is 0.302 e. The summed E-state index contributed by atoms with van der Waals surface area (Å²) in [5.41, 5.74) is 1.00. The normalized spacial score (nSPS) is 12.1. The van der Waals surface area contributed by atoms with Gasteiger partial charge in [0.25, 0.3) is 0 Å². The average Bonchev–Trinajstić information content (AvgIpc) is 2.34. The number of allylic oxidation sites excluding steroid dienone is 5. The Kier molecular flexibility index (Phi) is 8.79. The summed E-state index contributed by atoms with van der Waals surface area (Å²) in [6.07, 6.45) is 8.15. The fourth-order valence-corrected chi connectivity index (χ4v) is 1.06. The molecular weight excluding hydrogens is 215 g/mol. The van der Waals surface area contributed by atoms with Crippen LogP contribution in [0.25, 0.3) is 0 Å². The highest BCUT2D eigenvalue weighted by atomic mass is 16.6. The standard InChI is InChI=1S/C13H19BO3/c1-4-6-11(5-2)7-8-12(10-16-3)17-13(15)9-14/h4-5,7-8H,1-2,6,9-10,14H2,3H3/b11-7+,12-8+. The third kappa shape index (κ3) is 7.36. The lowest BCUT2D eigenvalue weighted by molar-refractivity contribution is -0.137. The summed E-state index contributed by atoms with van der Waals surface area (Å²) in [6, 6.07) is 0. The van der Waals surface area contributed by atoms with Crippen molar-refractivity contribution in [2.24, 2.45) is 0 Å². The van der Waals surface area contributed by atoms with Crippen LogP contribution in [0.2, 0.25) is 6.32 Å². The number of esters is 1. The molecule has 92 valence electrons. The molecule has 0 rings (SSSR count). The van der Waals surface area contributed by atoms with Crippen molar-refractivity contribution >= 4 is 13.8 Å². The Morgan fingerprint density at radius 2 is 2.06 bits per heavy atom. The zero-order valence-corrected chi connectivity index (χ0v) is 10.6. The van der Waals surface area contributed by atoms with Gasteiger partial charge in [0.15, 0.2) is 0 Å². The van der Waals surface area contributed by atoms with E-state index in [9.17, 15) is 4.79 Å². The maximum absolute atomic E-state index is 11.2. The summed E-state index contributed by atoms with van der Waals surface area (Å²) in [6.45, 7) is 7.62. The van der Waals surface area contributed by atoms with Crippen molar-refractivity contribution in [2.75, 3.05) is 13.7 Å². The van der Waals surface area contributed by atoms with Crippen molar-refractivity contribution in [2.45, 2.75) is 12.7 Å². The van der Waals surface area contributed by atoms with Crippen LogP contribution in [0.15, 0.2) is 48.8 Å². The van der Waals surface area contributed by atoms with Crippen LogP contribution in [0.1, 0.15) is 6.42 Å². The van der Waals surface area contributed by atoms with Gasteiger partial charge >= 0.3 is 5.97 Å². The predicted octanol–water partition coefficient (Wildman–Crippen LogP) is 1.80. The molecule has 0 saturated heterocycles. The van der Waals surface area contributed by atoms with Crippen LogP contribution in [0, 0.1) is 0 Å². The second kappa shape index (κ2) is 9.66. The zero-order chi connectivity index (χ0) is 13.1. The monoisotopic (exact) mass is 234 g/mol. The Morgan fingerprint density at radius 1 is 1.35 bits per heavy atom. The van der Waals surface area contributed by atoms with Gasteiger partial charge in [-0.2, -0.15) is 0 Å². The van der Waals surface area contributed by atoms with E-state index in [0.717, 1.165) is 12.0 Å². The first-order valence-electron chi connectivity index (χ1n) is 5.50. The molecule has 0 atom stereocenters. The molecule has 0 fully saturated rings. The van der Waals surface area contributed by atoms with E-state index in [2.05, 4.69) is 13.2 Å². The molecule has 0 radical (unpaired) electrons. The lowest BCUT2D eigenvalue weighted by Crippen LogP contribution is -2.07. The molecule has 0 aromatic heterocycles. The highest BCUT2D eigenvalue weighted by molar-refractivity contribution is 6.18. The summed E-state index contributed by atoms with van der Waals surface area (Å²) >= 11 is 0. The molecule has 0 aliphatic heterocycles. The summed E-state index contributed by atoms with van der Waals surface area (Å²) in [5, 5.41) is 0. The number of carbonyl (C=O) groups excluding carboxylic acids is 1. The van der Waals surface area contributed by atoms with Gasteiger partial charge in [-0.1, -0.05) is 24.8 Å². The van der Waals surface area contributed by atoms with E-state index in [-0.39, 0.29) is 12.6 Å². The maximum atomic E-state index is 11.2. The van der Waals surface area contributed by atoms with E-state index in [1.807, 2.05) is 6.08 Å². The van der Waals surface area contributed by atoms with Gasteiger partial charge in [-0.15, -0.1) is 6.58 Å². The van der Waals surface area contributed by atoms with Crippen LogP contribution in [-0.4, -0.2) is 27.5 Å². The van der Waals surface area contributed by atoms with Crippen LogP contribution < -0.4 is 0 Å². The van der Waals surface area contributed by atoms with Gasteiger partial charge in [0, 0.05) is 13.4 Å². The highest BCUT2D eigenvalue weighted by Gasteiger charge is 2.03. The summed E-state index contributed by atoms with van der Waals surface area (Å²) < 4.78 is 10.1. The van der Waals surface area contributed by atoms with E-state index in [0.29, 0.717) is 12.1 Å². The lowest BCUT2D eigenvalue weighted by atomic mass is 10.1. The van der Waals surface area contributed by atoms with Crippen LogP contribution in [0.5, 0.6) is 0 Å². The molecule has 0 spiro atoms. The quantitative estimate of drug-likeness (QED) is 0.211. The van der Waals surface area contributed by atoms with E-state index in [1.54, 1.807) is 33.2 Å². The van der Waals surface area contributed by atoms with Gasteiger partial charge in [-0.25, -0.2) is 0 Å². The Hall–Kier alpha value is -1.55. The lowest BCUT2D eigenvalue weighted by Gasteiger charge is -2.06. The molecule has 0 heterocycles. The van der Waals surface area contributed by atoms with E-state index in [1.165, 1.54) is 0 Å². The van der Waals surface area contributed by atoms with Crippen molar-refractivity contribution in [3.63, 3.8) is 0 Å². The minimum atomic E-state index is -0.273. The van der Waals surface area contributed by atoms with Crippen LogP contribution >= 0.6 is 0 Å². The first-order chi connectivity index (χ1) is 8.17. The third-order valence-electron chi connectivity index (χ3n) is 1.95. The van der Waals surface area contributed by atoms with Gasteiger partial charge in [0.2, 0.25) is 0 Å². The number of rotatable bonds is 8. The highest BCUT2D eigenvalue weighted by Crippen LogP contribution is 2.07. The Bertz CT molecular complexity index is 330. The molecule has 17 heavy (non-hydrogen) atoms. The van der Waals surface area contributed by atoms with Crippen LogP contribution in [-0.2, 0) is 14.3 Å². The predicted molar refractivity (Wildman–Crippen MR) is 72.5 cm³/mol. The van der Waals surface area contributed by atoms with Gasteiger partial charge in [-0.05, 0) is 18.1 Å². The molecule has 0 unspecified atom stereocenters. The summed E-state index contributed by atoms with van der Waals surface area (Å²) in [5.74, 6) is 0.216. The molecule has 0 saturated carbocycles. The van der Waals surface area contributed by atoms with Crippen LogP contribution in [0.4, 0.5) is 0 Å². The van der Waals surface area contributed by atoms with E-state index in [4.69, 9.17) is 9.47 Å². The Labute approximate surface area is 104 Å². The molecule has 0 amide bonds. The Morgan fingerprint density at radius 3 is 2.53 bits per heavy atom. The van der Waals surface area contributed by atoms with Gasteiger partial charge in [0.1, 0.15) is 20.2 Å². The van der Waals surface area contributed by atoms with Crippen molar-refractivity contribution < 1.29 is 14.3 Å². The van der Waals surface area contributed by atoms with Gasteiger partial charge < -0.3 is 9.47 Å². The largest absolute Gasteiger partial charge is 0.429 e. The molecule has 0 N–H and O–H groups in total. The Balaban J connectivity index is 4.71. The van der Waals surface area contributed by atoms with Gasteiger partial charge in [-0.3, -0.25) is 4.79 Å². The van der Waals surface area contributed by atoms with Crippen molar-refractivity contribution in [1.82, 2.24) is 0 Å². The molecule has 0 aliphatic rings. The minimum Gasteiger partial charge on any atom is -0.429 e. The minimum absolute atomic E-state index is 0.265. The van der Waals surface area contributed by atoms with E-state index < -0.39 is 0 Å². The van der Waals surface area contributed by atoms with Crippen LogP contribution in [0.3, 0.4) is 0 Å². The smallest absolute Gasteiger partial charge is 0.302 e. The van der Waals surface area contributed by atoms with E-state index >= 15 is 0 Å². The summed E-state index contributed by atoms with van der Waals surface area (Å²) in [4.78, 5) is 11.2. The molecule has 4 heteroatoms. The van der Waals surface area contributed by atoms with Crippen molar-refractivity contribution in [3.8, 4) is 0 Å². The topological polar surface area (TPSA) is 35.5 Å². The second-order valence-corrected chi connectivity index (χ2v) is 3.33. The molecule has 3 nitrogen and oxygen atoms in total. The number of methoxy groups -OCH3 is 1. The third-order valence-corrected chi connectivity index (χ3v) is 1.95. The molecule has 0 bridgehead atoms. The molecular formula is C13H19BO3. The SMILES string of the molecule is BCC(=O)O/C(=C/C=C(\C=C)CC=C)COC. The first kappa shape index (κ1) is 15.5. The fraction of sp³-hybridized carbons (Fsp3) is 0.308. The zero-order valence-electron chi connectivity index (χ0n) is 10.6. The second-order valence-electron chi connectivity index (χ2n) is 3.33. The average molecular weight is 234 g/mol. The number of hydrogen-bond acceptors (Lipinski definition) is 3. The summed E-state index contributed by atoms with van der Waals surface area (Å²) in [7, 11) is 3.30. The molecule has 0 aromatic carbocycles. The fourth-order valence-electron chi connectivity index (χ4n) is 1.06. The number of hydrogen-bond donors (Lipinski definition) is 0. The molecule has 0 aliphatic carbocycles.